The Morgan fingerprint density at radius 3 is 2.96 bits per heavy atom. The van der Waals surface area contributed by atoms with Gasteiger partial charge in [-0.05, 0) is 18.2 Å². The highest BCUT2D eigenvalue weighted by atomic mass is 16.7. The van der Waals surface area contributed by atoms with Crippen molar-refractivity contribution < 1.29 is 23.7 Å². The van der Waals surface area contributed by atoms with Crippen LogP contribution in [0.3, 0.4) is 0 Å². The molecule has 2 aromatic rings. The number of carbonyl (C=O) groups is 1. The third-order valence-corrected chi connectivity index (χ3v) is 3.16. The van der Waals surface area contributed by atoms with Gasteiger partial charge in [0.25, 0.3) is 5.91 Å². The molecule has 7 heteroatoms. The number of fused-ring (bicyclic) bond motifs is 1. The number of anilines is 1. The molecule has 1 amide bonds. The zero-order valence-corrected chi connectivity index (χ0v) is 12.6. The second-order valence-electron chi connectivity index (χ2n) is 4.75. The molecule has 1 aliphatic rings. The van der Waals surface area contributed by atoms with E-state index in [4.69, 9.17) is 18.9 Å². The van der Waals surface area contributed by atoms with Gasteiger partial charge in [-0.1, -0.05) is 0 Å². The summed E-state index contributed by atoms with van der Waals surface area (Å²) in [5.41, 5.74) is 1.07. The average molecular weight is 316 g/mol. The van der Waals surface area contributed by atoms with Crippen molar-refractivity contribution >= 4 is 11.6 Å². The van der Waals surface area contributed by atoms with Crippen LogP contribution in [0.1, 0.15) is 10.4 Å². The molecule has 120 valence electrons. The van der Waals surface area contributed by atoms with Crippen molar-refractivity contribution in [3.05, 3.63) is 42.1 Å². The summed E-state index contributed by atoms with van der Waals surface area (Å²) in [6, 6.07) is 8.42. The van der Waals surface area contributed by atoms with Crippen LogP contribution in [-0.2, 0) is 4.74 Å². The largest absolute Gasteiger partial charge is 0.475 e. The number of ether oxygens (including phenoxy) is 4. The number of benzene rings is 1. The Balaban J connectivity index is 1.67. The van der Waals surface area contributed by atoms with Crippen molar-refractivity contribution in [3.63, 3.8) is 0 Å². The number of hydrogen-bond acceptors (Lipinski definition) is 6. The van der Waals surface area contributed by atoms with Crippen LogP contribution in [0.2, 0.25) is 0 Å². The van der Waals surface area contributed by atoms with Crippen LogP contribution in [-0.4, -0.2) is 38.0 Å². The summed E-state index contributed by atoms with van der Waals surface area (Å²) >= 11 is 0. The highest BCUT2D eigenvalue weighted by Gasteiger charge is 2.15. The van der Waals surface area contributed by atoms with Gasteiger partial charge in [0.05, 0.1) is 6.61 Å². The maximum atomic E-state index is 12.3. The van der Waals surface area contributed by atoms with Gasteiger partial charge in [0.15, 0.2) is 11.5 Å². The molecule has 0 atom stereocenters. The normalized spacial score (nSPS) is 12.0. The molecule has 0 spiro atoms. The lowest BCUT2D eigenvalue weighted by atomic mass is 10.2. The van der Waals surface area contributed by atoms with E-state index in [1.54, 1.807) is 37.4 Å². The zero-order valence-electron chi connectivity index (χ0n) is 12.6. The van der Waals surface area contributed by atoms with Crippen molar-refractivity contribution in [2.45, 2.75) is 0 Å². The Bertz CT molecular complexity index is 705. The van der Waals surface area contributed by atoms with E-state index in [1.165, 1.54) is 6.20 Å². The molecule has 3 rings (SSSR count). The number of methoxy groups -OCH3 is 1. The Kier molecular flexibility index (Phi) is 4.58. The zero-order chi connectivity index (χ0) is 16.1. The number of amides is 1. The SMILES string of the molecule is COCCOc1cc(C(=O)Nc2ccc3c(c2)OCO3)ccn1. The van der Waals surface area contributed by atoms with Crippen molar-refractivity contribution in [2.24, 2.45) is 0 Å². The predicted octanol–water partition coefficient (Wildman–Crippen LogP) is 2.09. The highest BCUT2D eigenvalue weighted by Crippen LogP contribution is 2.34. The molecule has 0 radical (unpaired) electrons. The van der Waals surface area contributed by atoms with Gasteiger partial charge < -0.3 is 24.3 Å². The first kappa shape index (κ1) is 15.1. The van der Waals surface area contributed by atoms with E-state index in [9.17, 15) is 4.79 Å². The molecule has 0 unspecified atom stereocenters. The highest BCUT2D eigenvalue weighted by molar-refractivity contribution is 6.04. The number of rotatable bonds is 6. The minimum Gasteiger partial charge on any atom is -0.475 e. The first-order valence-electron chi connectivity index (χ1n) is 7.05. The molecule has 1 N–H and O–H groups in total. The summed E-state index contributed by atoms with van der Waals surface area (Å²) in [5, 5.41) is 2.80. The second kappa shape index (κ2) is 6.97. The maximum absolute atomic E-state index is 12.3. The number of hydrogen-bond donors (Lipinski definition) is 1. The van der Waals surface area contributed by atoms with Crippen molar-refractivity contribution in [3.8, 4) is 17.4 Å². The van der Waals surface area contributed by atoms with E-state index in [0.717, 1.165) is 0 Å². The molecule has 0 saturated carbocycles. The second-order valence-corrected chi connectivity index (χ2v) is 4.75. The van der Waals surface area contributed by atoms with Crippen LogP contribution in [0.4, 0.5) is 5.69 Å². The minimum atomic E-state index is -0.261. The van der Waals surface area contributed by atoms with Crippen molar-refractivity contribution in [1.82, 2.24) is 4.98 Å². The number of carbonyl (C=O) groups excluding carboxylic acids is 1. The molecule has 0 fully saturated rings. The van der Waals surface area contributed by atoms with E-state index < -0.39 is 0 Å². The number of nitrogens with one attached hydrogen (secondary N) is 1. The first-order valence-corrected chi connectivity index (χ1v) is 7.05. The first-order chi connectivity index (χ1) is 11.3. The fourth-order valence-corrected chi connectivity index (χ4v) is 2.04. The molecular formula is C16H16N2O5. The van der Waals surface area contributed by atoms with Gasteiger partial charge in [0, 0.05) is 36.7 Å². The van der Waals surface area contributed by atoms with E-state index in [2.05, 4.69) is 10.3 Å². The van der Waals surface area contributed by atoms with Crippen molar-refractivity contribution in [1.29, 1.82) is 0 Å². The van der Waals surface area contributed by atoms with Crippen LogP contribution >= 0.6 is 0 Å². The molecule has 23 heavy (non-hydrogen) atoms. The summed E-state index contributed by atoms with van der Waals surface area (Å²) in [5.74, 6) is 1.39. The fraction of sp³-hybridized carbons (Fsp3) is 0.250. The number of aromatic nitrogens is 1. The molecular weight excluding hydrogens is 300 g/mol. The molecule has 1 aromatic heterocycles. The van der Waals surface area contributed by atoms with Gasteiger partial charge in [-0.15, -0.1) is 0 Å². The predicted molar refractivity (Wildman–Crippen MR) is 82.1 cm³/mol. The fourth-order valence-electron chi connectivity index (χ4n) is 2.04. The summed E-state index contributed by atoms with van der Waals surface area (Å²) in [6.07, 6.45) is 1.52. The molecule has 7 nitrogen and oxygen atoms in total. The van der Waals surface area contributed by atoms with Gasteiger partial charge in [-0.25, -0.2) is 4.98 Å². The van der Waals surface area contributed by atoms with E-state index in [-0.39, 0.29) is 12.7 Å². The van der Waals surface area contributed by atoms with E-state index in [0.29, 0.717) is 41.8 Å². The Hall–Kier alpha value is -2.80. The summed E-state index contributed by atoms with van der Waals surface area (Å²) in [4.78, 5) is 16.4. The molecule has 2 heterocycles. The summed E-state index contributed by atoms with van der Waals surface area (Å²) in [7, 11) is 1.59. The summed E-state index contributed by atoms with van der Waals surface area (Å²) in [6.45, 7) is 1.02. The van der Waals surface area contributed by atoms with Crippen LogP contribution in [0, 0.1) is 0 Å². The van der Waals surface area contributed by atoms with Crippen LogP contribution < -0.4 is 19.5 Å². The molecule has 0 bridgehead atoms. The molecule has 0 aliphatic carbocycles. The Morgan fingerprint density at radius 1 is 1.22 bits per heavy atom. The van der Waals surface area contributed by atoms with Crippen LogP contribution in [0.25, 0.3) is 0 Å². The smallest absolute Gasteiger partial charge is 0.255 e. The van der Waals surface area contributed by atoms with Gasteiger partial charge in [0.1, 0.15) is 6.61 Å². The van der Waals surface area contributed by atoms with E-state index >= 15 is 0 Å². The molecule has 1 aliphatic heterocycles. The topological polar surface area (TPSA) is 78.9 Å². The van der Waals surface area contributed by atoms with Gasteiger partial charge in [0.2, 0.25) is 12.7 Å². The standard InChI is InChI=1S/C16H16N2O5/c1-20-6-7-21-15-8-11(4-5-17-15)16(19)18-12-2-3-13-14(9-12)23-10-22-13/h2-5,8-9H,6-7,10H2,1H3,(H,18,19). The third-order valence-electron chi connectivity index (χ3n) is 3.16. The molecule has 1 aromatic carbocycles. The van der Waals surface area contributed by atoms with Crippen molar-refractivity contribution in [2.75, 3.05) is 32.4 Å². The lowest BCUT2D eigenvalue weighted by Crippen LogP contribution is -2.13. The van der Waals surface area contributed by atoms with Gasteiger partial charge >= 0.3 is 0 Å². The Morgan fingerprint density at radius 2 is 2.09 bits per heavy atom. The number of pyridine rings is 1. The lowest BCUT2D eigenvalue weighted by molar-refractivity contribution is 0.102. The maximum Gasteiger partial charge on any atom is 0.255 e. The summed E-state index contributed by atoms with van der Waals surface area (Å²) < 4.78 is 20.8. The van der Waals surface area contributed by atoms with Crippen LogP contribution in [0.5, 0.6) is 17.4 Å². The van der Waals surface area contributed by atoms with Gasteiger partial charge in [-0.2, -0.15) is 0 Å². The Labute approximate surface area is 133 Å². The van der Waals surface area contributed by atoms with E-state index in [1.807, 2.05) is 0 Å². The quantitative estimate of drug-likeness (QED) is 0.822. The third kappa shape index (κ3) is 3.70. The lowest BCUT2D eigenvalue weighted by Gasteiger charge is -2.08. The van der Waals surface area contributed by atoms with Gasteiger partial charge in [-0.3, -0.25) is 4.79 Å². The number of nitrogens with zero attached hydrogens (tertiary/aromatic N) is 1. The average Bonchev–Trinajstić information content (AvgIpc) is 3.03. The molecule has 0 saturated heterocycles. The minimum absolute atomic E-state index is 0.194. The van der Waals surface area contributed by atoms with Crippen LogP contribution in [0.15, 0.2) is 36.5 Å². The monoisotopic (exact) mass is 316 g/mol.